The van der Waals surface area contributed by atoms with E-state index in [9.17, 15) is 13.2 Å². The lowest BCUT2D eigenvalue weighted by Crippen LogP contribution is -2.10. The van der Waals surface area contributed by atoms with Crippen LogP contribution in [0.4, 0.5) is 0 Å². The first-order valence-electron chi connectivity index (χ1n) is 6.30. The van der Waals surface area contributed by atoms with Gasteiger partial charge < -0.3 is 14.2 Å². The van der Waals surface area contributed by atoms with Crippen LogP contribution < -0.4 is 0 Å². The van der Waals surface area contributed by atoms with Gasteiger partial charge in [-0.05, 0) is 26.0 Å². The second-order valence-electron chi connectivity index (χ2n) is 4.18. The molecule has 0 aromatic rings. The van der Waals surface area contributed by atoms with E-state index < -0.39 is 15.8 Å². The standard InChI is InChI=1S/C14H22O6S/c1-6-19-14(15)11(2)7-8-13(12(3)18-4)20-9-10-21(5,16)17/h7-8H,2,6,9-10H2,1,3-5H3/b8-7-,13-12-. The molecule has 0 fully saturated rings. The van der Waals surface area contributed by atoms with Gasteiger partial charge in [0, 0.05) is 6.26 Å². The van der Waals surface area contributed by atoms with Crippen LogP contribution in [0.25, 0.3) is 0 Å². The predicted molar refractivity (Wildman–Crippen MR) is 80.3 cm³/mol. The Kier molecular flexibility index (Phi) is 8.45. The molecular formula is C14H22O6S. The average molecular weight is 318 g/mol. The molecule has 0 radical (unpaired) electrons. The number of carbonyl (C=O) groups is 1. The third kappa shape index (κ3) is 8.91. The van der Waals surface area contributed by atoms with Gasteiger partial charge in [0.2, 0.25) is 0 Å². The lowest BCUT2D eigenvalue weighted by molar-refractivity contribution is -0.138. The van der Waals surface area contributed by atoms with Crippen LogP contribution in [0.3, 0.4) is 0 Å². The Hall–Kier alpha value is -1.76. The lowest BCUT2D eigenvalue weighted by Gasteiger charge is -2.10. The van der Waals surface area contributed by atoms with Crippen molar-refractivity contribution in [1.29, 1.82) is 0 Å². The Morgan fingerprint density at radius 3 is 2.33 bits per heavy atom. The molecular weight excluding hydrogens is 296 g/mol. The van der Waals surface area contributed by atoms with Crippen molar-refractivity contribution in [2.75, 3.05) is 32.3 Å². The summed E-state index contributed by atoms with van der Waals surface area (Å²) >= 11 is 0. The summed E-state index contributed by atoms with van der Waals surface area (Å²) in [4.78, 5) is 11.4. The largest absolute Gasteiger partial charge is 0.498 e. The molecule has 0 amide bonds. The quantitative estimate of drug-likeness (QED) is 0.278. The van der Waals surface area contributed by atoms with E-state index in [0.29, 0.717) is 11.5 Å². The number of ether oxygens (including phenoxy) is 3. The predicted octanol–water partition coefficient (Wildman–Crippen LogP) is 1.60. The lowest BCUT2D eigenvalue weighted by atomic mass is 10.2. The van der Waals surface area contributed by atoms with Crippen molar-refractivity contribution < 1.29 is 27.4 Å². The van der Waals surface area contributed by atoms with E-state index >= 15 is 0 Å². The number of hydrogen-bond donors (Lipinski definition) is 0. The fraction of sp³-hybridized carbons (Fsp3) is 0.500. The minimum absolute atomic E-state index is 0.00884. The molecule has 0 rings (SSSR count). The Bertz CT molecular complexity index is 528. The van der Waals surface area contributed by atoms with Crippen LogP contribution in [-0.4, -0.2) is 46.7 Å². The summed E-state index contributed by atoms with van der Waals surface area (Å²) < 4.78 is 37.3. The van der Waals surface area contributed by atoms with Crippen molar-refractivity contribution >= 4 is 15.8 Å². The van der Waals surface area contributed by atoms with Gasteiger partial charge in [-0.25, -0.2) is 13.2 Å². The minimum atomic E-state index is -3.11. The fourth-order valence-corrected chi connectivity index (χ4v) is 1.52. The molecule has 0 aliphatic carbocycles. The third-order valence-corrected chi connectivity index (χ3v) is 3.25. The van der Waals surface area contributed by atoms with E-state index in [0.717, 1.165) is 6.26 Å². The topological polar surface area (TPSA) is 78.9 Å². The van der Waals surface area contributed by atoms with Crippen molar-refractivity contribution in [3.63, 3.8) is 0 Å². The molecule has 0 saturated carbocycles. The van der Waals surface area contributed by atoms with Crippen LogP contribution in [0, 0.1) is 0 Å². The second-order valence-corrected chi connectivity index (χ2v) is 6.44. The van der Waals surface area contributed by atoms with Crippen molar-refractivity contribution in [1.82, 2.24) is 0 Å². The number of methoxy groups -OCH3 is 1. The van der Waals surface area contributed by atoms with Crippen LogP contribution in [0.2, 0.25) is 0 Å². The van der Waals surface area contributed by atoms with Gasteiger partial charge in [-0.2, -0.15) is 0 Å². The number of hydrogen-bond acceptors (Lipinski definition) is 6. The molecule has 0 aromatic heterocycles. The van der Waals surface area contributed by atoms with Gasteiger partial charge in [0.1, 0.15) is 12.4 Å². The molecule has 0 N–H and O–H groups in total. The van der Waals surface area contributed by atoms with Crippen molar-refractivity contribution in [2.45, 2.75) is 13.8 Å². The summed E-state index contributed by atoms with van der Waals surface area (Å²) in [5.74, 6) is 0.141. The molecule has 0 atom stereocenters. The summed E-state index contributed by atoms with van der Waals surface area (Å²) in [7, 11) is -1.65. The number of esters is 1. The molecule has 0 spiro atoms. The molecule has 0 aromatic carbocycles. The zero-order valence-electron chi connectivity index (χ0n) is 12.8. The molecule has 7 heteroatoms. The van der Waals surface area contributed by atoms with Gasteiger partial charge in [0.25, 0.3) is 0 Å². The first kappa shape index (κ1) is 19.2. The van der Waals surface area contributed by atoms with Crippen LogP contribution in [0.5, 0.6) is 0 Å². The highest BCUT2D eigenvalue weighted by molar-refractivity contribution is 7.90. The highest BCUT2D eigenvalue weighted by atomic mass is 32.2. The minimum Gasteiger partial charge on any atom is -0.498 e. The normalized spacial score (nSPS) is 12.8. The molecule has 120 valence electrons. The second kappa shape index (κ2) is 9.23. The van der Waals surface area contributed by atoms with Gasteiger partial charge in [0.05, 0.1) is 25.0 Å². The summed E-state index contributed by atoms with van der Waals surface area (Å²) in [6.45, 7) is 7.18. The van der Waals surface area contributed by atoms with Crippen LogP contribution in [-0.2, 0) is 28.8 Å². The Morgan fingerprint density at radius 1 is 1.24 bits per heavy atom. The number of carbonyl (C=O) groups excluding carboxylic acids is 1. The molecule has 21 heavy (non-hydrogen) atoms. The van der Waals surface area contributed by atoms with E-state index in [1.54, 1.807) is 13.8 Å². The van der Waals surface area contributed by atoms with Crippen LogP contribution in [0.15, 0.2) is 35.8 Å². The summed E-state index contributed by atoms with van der Waals surface area (Å²) in [5, 5.41) is 0. The first-order valence-corrected chi connectivity index (χ1v) is 8.36. The van der Waals surface area contributed by atoms with E-state index in [2.05, 4.69) is 6.58 Å². The van der Waals surface area contributed by atoms with Crippen LogP contribution in [0.1, 0.15) is 13.8 Å². The SMILES string of the molecule is C=C(/C=C\C(OCCS(C)(=O)=O)=C(/C)OC)C(=O)OCC. The monoisotopic (exact) mass is 318 g/mol. The average Bonchev–Trinajstić information content (AvgIpc) is 2.40. The Labute approximate surface area is 126 Å². The summed E-state index contributed by atoms with van der Waals surface area (Å²) in [6, 6.07) is 0. The molecule has 6 nitrogen and oxygen atoms in total. The van der Waals surface area contributed by atoms with Crippen LogP contribution >= 0.6 is 0 Å². The molecule has 0 aliphatic heterocycles. The summed E-state index contributed by atoms with van der Waals surface area (Å²) in [5.41, 5.74) is 0.157. The van der Waals surface area contributed by atoms with E-state index in [4.69, 9.17) is 14.2 Å². The number of sulfone groups is 1. The van der Waals surface area contributed by atoms with Crippen molar-refractivity contribution in [3.8, 4) is 0 Å². The zero-order chi connectivity index (χ0) is 16.5. The third-order valence-electron chi connectivity index (χ3n) is 2.34. The maximum atomic E-state index is 11.4. The van der Waals surface area contributed by atoms with Gasteiger partial charge in [-0.15, -0.1) is 0 Å². The number of allylic oxidation sites excluding steroid dienone is 2. The Balaban J connectivity index is 4.80. The molecule has 0 aliphatic rings. The van der Waals surface area contributed by atoms with E-state index in [-0.39, 0.29) is 24.5 Å². The van der Waals surface area contributed by atoms with E-state index in [1.807, 2.05) is 0 Å². The Morgan fingerprint density at radius 2 is 1.86 bits per heavy atom. The highest BCUT2D eigenvalue weighted by Crippen LogP contribution is 2.10. The fourth-order valence-electron chi connectivity index (χ4n) is 1.14. The van der Waals surface area contributed by atoms with Gasteiger partial charge in [-0.1, -0.05) is 6.58 Å². The van der Waals surface area contributed by atoms with Crippen molar-refractivity contribution in [2.24, 2.45) is 0 Å². The molecule has 0 heterocycles. The first-order chi connectivity index (χ1) is 9.71. The zero-order valence-corrected chi connectivity index (χ0v) is 13.7. The molecule has 0 unspecified atom stereocenters. The van der Waals surface area contributed by atoms with Gasteiger partial charge >= 0.3 is 5.97 Å². The highest BCUT2D eigenvalue weighted by Gasteiger charge is 2.08. The maximum Gasteiger partial charge on any atom is 0.337 e. The van der Waals surface area contributed by atoms with Crippen molar-refractivity contribution in [3.05, 3.63) is 35.8 Å². The van der Waals surface area contributed by atoms with Gasteiger partial charge in [0.15, 0.2) is 15.6 Å². The molecule has 0 bridgehead atoms. The van der Waals surface area contributed by atoms with Gasteiger partial charge in [-0.3, -0.25) is 0 Å². The maximum absolute atomic E-state index is 11.4. The molecule has 0 saturated heterocycles. The summed E-state index contributed by atoms with van der Waals surface area (Å²) in [6.07, 6.45) is 4.04. The van der Waals surface area contributed by atoms with E-state index in [1.165, 1.54) is 19.3 Å². The number of rotatable bonds is 9. The smallest absolute Gasteiger partial charge is 0.337 e.